The highest BCUT2D eigenvalue weighted by molar-refractivity contribution is 7.09. The summed E-state index contributed by atoms with van der Waals surface area (Å²) in [4.78, 5) is 15.8. The van der Waals surface area contributed by atoms with Crippen LogP contribution in [0.1, 0.15) is 15.4 Å². The number of benzene rings is 1. The Morgan fingerprint density at radius 3 is 3.06 bits per heavy atom. The smallest absolute Gasteiger partial charge is 0.255 e. The molecule has 5 nitrogen and oxygen atoms in total. The quantitative estimate of drug-likeness (QED) is 0.566. The largest absolute Gasteiger partial charge is 0.505 e. The van der Waals surface area contributed by atoms with Crippen LogP contribution in [0.2, 0.25) is 0 Å². The number of anilines is 1. The summed E-state index contributed by atoms with van der Waals surface area (Å²) in [6.07, 6.45) is 1.67. The minimum atomic E-state index is -0.370. The van der Waals surface area contributed by atoms with Gasteiger partial charge in [0.1, 0.15) is 5.01 Å². The highest BCUT2D eigenvalue weighted by Gasteiger charge is 2.12. The van der Waals surface area contributed by atoms with Crippen LogP contribution in [0.15, 0.2) is 29.8 Å². The van der Waals surface area contributed by atoms with E-state index in [1.165, 1.54) is 23.5 Å². The molecule has 0 saturated heterocycles. The van der Waals surface area contributed by atoms with Crippen molar-refractivity contribution < 1.29 is 9.90 Å². The molecule has 0 aliphatic rings. The van der Waals surface area contributed by atoms with Crippen molar-refractivity contribution in [2.75, 3.05) is 5.73 Å². The topological polar surface area (TPSA) is 88.2 Å². The molecule has 1 aromatic carbocycles. The van der Waals surface area contributed by atoms with E-state index in [4.69, 9.17) is 5.73 Å². The molecule has 0 aliphatic carbocycles. The zero-order valence-corrected chi connectivity index (χ0v) is 9.70. The van der Waals surface area contributed by atoms with Crippen LogP contribution in [0, 0.1) is 0 Å². The van der Waals surface area contributed by atoms with Gasteiger partial charge in [-0.15, -0.1) is 11.3 Å². The first-order chi connectivity index (χ1) is 8.18. The average Bonchev–Trinajstić information content (AvgIpc) is 2.82. The number of hydrogen-bond acceptors (Lipinski definition) is 5. The number of nitrogens with zero attached hydrogens (tertiary/aromatic N) is 1. The van der Waals surface area contributed by atoms with Crippen molar-refractivity contribution in [3.8, 4) is 5.75 Å². The molecular weight excluding hydrogens is 238 g/mol. The van der Waals surface area contributed by atoms with Crippen LogP contribution in [0.3, 0.4) is 0 Å². The van der Waals surface area contributed by atoms with E-state index in [0.29, 0.717) is 6.54 Å². The number of phenols is 1. The minimum absolute atomic E-state index is 0.168. The highest BCUT2D eigenvalue weighted by atomic mass is 32.1. The van der Waals surface area contributed by atoms with Gasteiger partial charge in [0.15, 0.2) is 5.75 Å². The fourth-order valence-electron chi connectivity index (χ4n) is 1.34. The van der Waals surface area contributed by atoms with Gasteiger partial charge >= 0.3 is 0 Å². The number of rotatable bonds is 3. The fraction of sp³-hybridized carbons (Fsp3) is 0.0909. The van der Waals surface area contributed by atoms with E-state index in [2.05, 4.69) is 10.3 Å². The summed E-state index contributed by atoms with van der Waals surface area (Å²) in [7, 11) is 0. The van der Waals surface area contributed by atoms with E-state index >= 15 is 0 Å². The van der Waals surface area contributed by atoms with Crippen LogP contribution in [-0.4, -0.2) is 16.0 Å². The minimum Gasteiger partial charge on any atom is -0.505 e. The van der Waals surface area contributed by atoms with Gasteiger partial charge in [-0.05, 0) is 12.1 Å². The Hall–Kier alpha value is -2.08. The summed E-state index contributed by atoms with van der Waals surface area (Å²) >= 11 is 1.45. The first-order valence-corrected chi connectivity index (χ1v) is 5.80. The molecule has 0 bridgehead atoms. The number of phenolic OH excluding ortho intramolecular Hbond substituents is 1. The first kappa shape index (κ1) is 11.4. The van der Waals surface area contributed by atoms with Crippen LogP contribution in [0.5, 0.6) is 5.75 Å². The Bertz CT molecular complexity index is 526. The lowest BCUT2D eigenvalue weighted by atomic mass is 10.1. The second-order valence-corrected chi connectivity index (χ2v) is 4.33. The van der Waals surface area contributed by atoms with Crippen molar-refractivity contribution in [2.45, 2.75) is 6.54 Å². The van der Waals surface area contributed by atoms with Crippen molar-refractivity contribution in [1.82, 2.24) is 10.3 Å². The fourth-order valence-corrected chi connectivity index (χ4v) is 1.89. The van der Waals surface area contributed by atoms with Gasteiger partial charge < -0.3 is 16.2 Å². The average molecular weight is 249 g/mol. The molecule has 0 fully saturated rings. The Kier molecular flexibility index (Phi) is 3.24. The van der Waals surface area contributed by atoms with E-state index in [0.717, 1.165) is 5.01 Å². The molecule has 1 aromatic heterocycles. The molecule has 4 N–H and O–H groups in total. The van der Waals surface area contributed by atoms with Crippen LogP contribution in [-0.2, 0) is 6.54 Å². The van der Waals surface area contributed by atoms with Crippen LogP contribution in [0.25, 0.3) is 0 Å². The zero-order chi connectivity index (χ0) is 12.3. The normalized spacial score (nSPS) is 10.1. The number of amides is 1. The van der Waals surface area contributed by atoms with Crippen LogP contribution in [0.4, 0.5) is 5.69 Å². The van der Waals surface area contributed by atoms with Gasteiger partial charge in [0.25, 0.3) is 5.91 Å². The van der Waals surface area contributed by atoms with Gasteiger partial charge in [0, 0.05) is 11.6 Å². The predicted octanol–water partition coefficient (Wildman–Crippen LogP) is 1.36. The molecule has 0 atom stereocenters. The summed E-state index contributed by atoms with van der Waals surface area (Å²) in [5.41, 5.74) is 5.86. The second kappa shape index (κ2) is 4.84. The summed E-state index contributed by atoms with van der Waals surface area (Å²) in [5.74, 6) is -0.561. The summed E-state index contributed by atoms with van der Waals surface area (Å²) < 4.78 is 0. The van der Waals surface area contributed by atoms with E-state index in [1.807, 2.05) is 5.38 Å². The summed E-state index contributed by atoms with van der Waals surface area (Å²) in [6, 6.07) is 4.67. The Morgan fingerprint density at radius 1 is 1.53 bits per heavy atom. The Morgan fingerprint density at radius 2 is 2.35 bits per heavy atom. The van der Waals surface area contributed by atoms with Crippen LogP contribution < -0.4 is 11.1 Å². The number of nitrogens with two attached hydrogens (primary N) is 1. The van der Waals surface area contributed by atoms with Crippen molar-refractivity contribution in [3.63, 3.8) is 0 Å². The number of nitrogen functional groups attached to an aromatic ring is 1. The van der Waals surface area contributed by atoms with Crippen molar-refractivity contribution >= 4 is 22.9 Å². The third-order valence-corrected chi connectivity index (χ3v) is 2.98. The molecule has 2 rings (SSSR count). The Balaban J connectivity index is 2.07. The van der Waals surface area contributed by atoms with Crippen molar-refractivity contribution in [1.29, 1.82) is 0 Å². The van der Waals surface area contributed by atoms with Gasteiger partial charge in [0.05, 0.1) is 17.8 Å². The van der Waals surface area contributed by atoms with E-state index in [1.54, 1.807) is 12.3 Å². The first-order valence-electron chi connectivity index (χ1n) is 4.92. The van der Waals surface area contributed by atoms with Gasteiger partial charge in [-0.2, -0.15) is 0 Å². The van der Waals surface area contributed by atoms with Crippen LogP contribution >= 0.6 is 11.3 Å². The number of aromatic nitrogens is 1. The molecule has 0 unspecified atom stereocenters. The lowest BCUT2D eigenvalue weighted by Crippen LogP contribution is -2.22. The zero-order valence-electron chi connectivity index (χ0n) is 8.88. The number of para-hydroxylation sites is 1. The molecule has 6 heteroatoms. The molecule has 1 heterocycles. The van der Waals surface area contributed by atoms with Crippen molar-refractivity contribution in [2.24, 2.45) is 0 Å². The molecule has 0 spiro atoms. The highest BCUT2D eigenvalue weighted by Crippen LogP contribution is 2.24. The van der Waals surface area contributed by atoms with Gasteiger partial charge in [-0.3, -0.25) is 4.79 Å². The SMILES string of the molecule is Nc1cccc(C(=O)NCc2nccs2)c1O. The van der Waals surface area contributed by atoms with E-state index in [-0.39, 0.29) is 22.9 Å². The van der Waals surface area contributed by atoms with Gasteiger partial charge in [0.2, 0.25) is 0 Å². The number of carbonyl (C=O) groups is 1. The molecule has 2 aromatic rings. The van der Waals surface area contributed by atoms with E-state index in [9.17, 15) is 9.90 Å². The third-order valence-electron chi connectivity index (χ3n) is 2.20. The van der Waals surface area contributed by atoms with Crippen molar-refractivity contribution in [3.05, 3.63) is 40.3 Å². The Labute approximate surface area is 102 Å². The number of nitrogens with one attached hydrogen (secondary N) is 1. The van der Waals surface area contributed by atoms with Gasteiger partial charge in [-0.25, -0.2) is 4.98 Å². The maximum atomic E-state index is 11.8. The molecule has 1 amide bonds. The number of hydrogen-bond donors (Lipinski definition) is 3. The summed E-state index contributed by atoms with van der Waals surface area (Å²) in [5, 5.41) is 14.9. The predicted molar refractivity (Wildman–Crippen MR) is 65.8 cm³/mol. The molecule has 0 radical (unpaired) electrons. The third kappa shape index (κ3) is 2.54. The monoisotopic (exact) mass is 249 g/mol. The molecule has 17 heavy (non-hydrogen) atoms. The van der Waals surface area contributed by atoms with Gasteiger partial charge in [-0.1, -0.05) is 6.07 Å². The molecule has 88 valence electrons. The molecule has 0 saturated carbocycles. The lowest BCUT2D eigenvalue weighted by molar-refractivity contribution is 0.0948. The van der Waals surface area contributed by atoms with E-state index < -0.39 is 0 Å². The lowest BCUT2D eigenvalue weighted by Gasteiger charge is -2.06. The molecular formula is C11H11N3O2S. The number of carbonyl (C=O) groups excluding carboxylic acids is 1. The maximum Gasteiger partial charge on any atom is 0.255 e. The second-order valence-electron chi connectivity index (χ2n) is 3.35. The molecule has 0 aliphatic heterocycles. The maximum absolute atomic E-state index is 11.8. The number of aromatic hydroxyl groups is 1. The summed E-state index contributed by atoms with van der Waals surface area (Å²) in [6.45, 7) is 0.338. The standard InChI is InChI=1S/C11H11N3O2S/c12-8-3-1-2-7(10(8)15)11(16)14-6-9-13-4-5-17-9/h1-5,15H,6,12H2,(H,14,16). The number of thiazole rings is 1.